The molecule has 0 amide bonds. The molecule has 0 aromatic heterocycles. The molecule has 0 spiro atoms. The molecule has 0 heterocycles. The lowest BCUT2D eigenvalue weighted by atomic mass is 10.1. The standard InChI is InChI=1S/C17H22F2O2/c18-16-14(20-11-12-5-1-2-6-12)9-10-15(17(16)19)21-13-7-3-4-8-13/h9-10,12-13H,1-8,11H2. The van der Waals surface area contributed by atoms with Crippen LogP contribution in [0.5, 0.6) is 11.5 Å². The molecule has 2 aliphatic carbocycles. The Labute approximate surface area is 124 Å². The van der Waals surface area contributed by atoms with Crippen LogP contribution in [0.3, 0.4) is 0 Å². The third kappa shape index (κ3) is 3.47. The zero-order valence-corrected chi connectivity index (χ0v) is 12.2. The predicted molar refractivity (Wildman–Crippen MR) is 76.7 cm³/mol. The van der Waals surface area contributed by atoms with Gasteiger partial charge >= 0.3 is 0 Å². The highest BCUT2D eigenvalue weighted by atomic mass is 19.2. The molecule has 0 radical (unpaired) electrons. The van der Waals surface area contributed by atoms with Crippen LogP contribution in [0.15, 0.2) is 12.1 Å². The third-order valence-corrected chi connectivity index (χ3v) is 4.56. The van der Waals surface area contributed by atoms with E-state index >= 15 is 0 Å². The van der Waals surface area contributed by atoms with Gasteiger partial charge in [-0.3, -0.25) is 0 Å². The van der Waals surface area contributed by atoms with Crippen LogP contribution in [0.4, 0.5) is 8.78 Å². The van der Waals surface area contributed by atoms with E-state index in [2.05, 4.69) is 0 Å². The summed E-state index contributed by atoms with van der Waals surface area (Å²) in [4.78, 5) is 0. The van der Waals surface area contributed by atoms with Crippen molar-refractivity contribution in [3.05, 3.63) is 23.8 Å². The van der Waals surface area contributed by atoms with Crippen molar-refractivity contribution in [2.24, 2.45) is 5.92 Å². The summed E-state index contributed by atoms with van der Waals surface area (Å²) in [5.74, 6) is -1.37. The first kappa shape index (κ1) is 14.6. The average Bonchev–Trinajstić information content (AvgIpc) is 3.16. The van der Waals surface area contributed by atoms with E-state index in [-0.39, 0.29) is 17.6 Å². The molecule has 2 nitrogen and oxygen atoms in total. The molecule has 2 aliphatic rings. The van der Waals surface area contributed by atoms with Crippen molar-refractivity contribution < 1.29 is 18.3 Å². The van der Waals surface area contributed by atoms with Crippen LogP contribution in [0, 0.1) is 17.6 Å². The zero-order valence-electron chi connectivity index (χ0n) is 12.2. The second kappa shape index (κ2) is 6.63. The van der Waals surface area contributed by atoms with Crippen molar-refractivity contribution in [1.82, 2.24) is 0 Å². The van der Waals surface area contributed by atoms with Gasteiger partial charge in [-0.15, -0.1) is 0 Å². The Morgan fingerprint density at radius 2 is 1.43 bits per heavy atom. The first-order chi connectivity index (χ1) is 10.2. The van der Waals surface area contributed by atoms with Crippen LogP contribution < -0.4 is 9.47 Å². The lowest BCUT2D eigenvalue weighted by Gasteiger charge is -2.16. The first-order valence-electron chi connectivity index (χ1n) is 8.01. The molecule has 116 valence electrons. The van der Waals surface area contributed by atoms with Gasteiger partial charge in [0.05, 0.1) is 12.7 Å². The summed E-state index contributed by atoms with van der Waals surface area (Å²) in [6.07, 6.45) is 8.69. The molecule has 0 aliphatic heterocycles. The number of hydrogen-bond donors (Lipinski definition) is 0. The van der Waals surface area contributed by atoms with Gasteiger partial charge in [0, 0.05) is 0 Å². The van der Waals surface area contributed by atoms with Gasteiger partial charge in [0.1, 0.15) is 0 Å². The Balaban J connectivity index is 1.63. The van der Waals surface area contributed by atoms with E-state index < -0.39 is 11.6 Å². The Kier molecular flexibility index (Phi) is 4.61. The molecule has 1 aromatic rings. The van der Waals surface area contributed by atoms with E-state index in [9.17, 15) is 8.78 Å². The Bertz CT molecular complexity index is 478. The normalized spacial score (nSPS) is 20.1. The molecule has 0 atom stereocenters. The van der Waals surface area contributed by atoms with E-state index in [0.29, 0.717) is 12.5 Å². The highest BCUT2D eigenvalue weighted by molar-refractivity contribution is 5.35. The Morgan fingerprint density at radius 1 is 0.857 bits per heavy atom. The minimum absolute atomic E-state index is 0.00169. The van der Waals surface area contributed by atoms with E-state index in [1.165, 1.54) is 25.0 Å². The average molecular weight is 296 g/mol. The summed E-state index contributed by atoms with van der Waals surface area (Å²) < 4.78 is 39.1. The summed E-state index contributed by atoms with van der Waals surface area (Å²) in [6, 6.07) is 2.97. The summed E-state index contributed by atoms with van der Waals surface area (Å²) in [5.41, 5.74) is 0. The van der Waals surface area contributed by atoms with E-state index in [0.717, 1.165) is 38.5 Å². The highest BCUT2D eigenvalue weighted by Gasteiger charge is 2.22. The molecule has 0 N–H and O–H groups in total. The van der Waals surface area contributed by atoms with Gasteiger partial charge in [-0.05, 0) is 56.6 Å². The summed E-state index contributed by atoms with van der Waals surface area (Å²) in [7, 11) is 0. The molecular formula is C17H22F2O2. The van der Waals surface area contributed by atoms with Crippen molar-refractivity contribution in [2.45, 2.75) is 57.5 Å². The number of benzene rings is 1. The zero-order chi connectivity index (χ0) is 14.7. The largest absolute Gasteiger partial charge is 0.490 e. The summed E-state index contributed by atoms with van der Waals surface area (Å²) in [6.45, 7) is 0.471. The lowest BCUT2D eigenvalue weighted by Crippen LogP contribution is -2.13. The van der Waals surface area contributed by atoms with Crippen LogP contribution in [-0.4, -0.2) is 12.7 Å². The van der Waals surface area contributed by atoms with Crippen molar-refractivity contribution >= 4 is 0 Å². The van der Waals surface area contributed by atoms with Gasteiger partial charge in [-0.25, -0.2) is 0 Å². The lowest BCUT2D eigenvalue weighted by molar-refractivity contribution is 0.194. The van der Waals surface area contributed by atoms with Crippen LogP contribution >= 0.6 is 0 Å². The molecule has 0 unspecified atom stereocenters. The molecule has 1 aromatic carbocycles. The molecule has 0 saturated heterocycles. The second-order valence-electron chi connectivity index (χ2n) is 6.18. The van der Waals surface area contributed by atoms with E-state index in [4.69, 9.17) is 9.47 Å². The van der Waals surface area contributed by atoms with Crippen LogP contribution in [0.1, 0.15) is 51.4 Å². The number of hydrogen-bond acceptors (Lipinski definition) is 2. The van der Waals surface area contributed by atoms with Gasteiger partial charge in [0.15, 0.2) is 11.5 Å². The Hall–Kier alpha value is -1.32. The predicted octanol–water partition coefficient (Wildman–Crippen LogP) is 4.86. The topological polar surface area (TPSA) is 18.5 Å². The SMILES string of the molecule is Fc1c(OCC2CCCC2)ccc(OC2CCCC2)c1F. The number of ether oxygens (including phenoxy) is 2. The molecule has 21 heavy (non-hydrogen) atoms. The van der Waals surface area contributed by atoms with Crippen LogP contribution in [0.2, 0.25) is 0 Å². The third-order valence-electron chi connectivity index (χ3n) is 4.56. The first-order valence-corrected chi connectivity index (χ1v) is 8.01. The van der Waals surface area contributed by atoms with Crippen molar-refractivity contribution in [3.8, 4) is 11.5 Å². The van der Waals surface area contributed by atoms with Gasteiger partial charge in [-0.1, -0.05) is 12.8 Å². The molecule has 0 bridgehead atoms. The van der Waals surface area contributed by atoms with Crippen LogP contribution in [0.25, 0.3) is 0 Å². The molecule has 2 saturated carbocycles. The molecule has 3 rings (SSSR count). The fraction of sp³-hybridized carbons (Fsp3) is 0.647. The fourth-order valence-corrected chi connectivity index (χ4v) is 3.29. The van der Waals surface area contributed by atoms with Crippen molar-refractivity contribution in [1.29, 1.82) is 0 Å². The van der Waals surface area contributed by atoms with Gasteiger partial charge in [0.25, 0.3) is 0 Å². The smallest absolute Gasteiger partial charge is 0.204 e. The van der Waals surface area contributed by atoms with Crippen LogP contribution in [-0.2, 0) is 0 Å². The fourth-order valence-electron chi connectivity index (χ4n) is 3.29. The van der Waals surface area contributed by atoms with Gasteiger partial charge < -0.3 is 9.47 Å². The monoisotopic (exact) mass is 296 g/mol. The van der Waals surface area contributed by atoms with E-state index in [1.807, 2.05) is 0 Å². The van der Waals surface area contributed by atoms with Crippen molar-refractivity contribution in [3.63, 3.8) is 0 Å². The summed E-state index contributed by atoms with van der Waals surface area (Å²) >= 11 is 0. The van der Waals surface area contributed by atoms with Gasteiger partial charge in [0.2, 0.25) is 11.6 Å². The number of halogens is 2. The number of rotatable bonds is 5. The maximum atomic E-state index is 14.0. The molecular weight excluding hydrogens is 274 g/mol. The van der Waals surface area contributed by atoms with Crippen molar-refractivity contribution in [2.75, 3.05) is 6.61 Å². The van der Waals surface area contributed by atoms with Gasteiger partial charge in [-0.2, -0.15) is 8.78 Å². The highest BCUT2D eigenvalue weighted by Crippen LogP contribution is 2.32. The maximum absolute atomic E-state index is 14.0. The Morgan fingerprint density at radius 3 is 2.14 bits per heavy atom. The minimum atomic E-state index is -0.927. The second-order valence-corrected chi connectivity index (χ2v) is 6.18. The minimum Gasteiger partial charge on any atom is -0.490 e. The summed E-state index contributed by atoms with van der Waals surface area (Å²) in [5, 5.41) is 0. The molecule has 2 fully saturated rings. The quantitative estimate of drug-likeness (QED) is 0.773. The maximum Gasteiger partial charge on any atom is 0.204 e. The van der Waals surface area contributed by atoms with E-state index in [1.54, 1.807) is 0 Å². The molecule has 4 heteroatoms.